The van der Waals surface area contributed by atoms with Gasteiger partial charge in [-0.15, -0.1) is 0 Å². The number of rotatable bonds is 3. The van der Waals surface area contributed by atoms with Crippen molar-refractivity contribution in [2.45, 2.75) is 19.1 Å². The number of nitrogens with zero attached hydrogens (tertiary/aromatic N) is 3. The number of nitrogen functional groups attached to an aromatic ring is 1. The number of morpholine rings is 1. The van der Waals surface area contributed by atoms with Crippen molar-refractivity contribution in [3.05, 3.63) is 12.4 Å². The van der Waals surface area contributed by atoms with E-state index in [0.29, 0.717) is 19.0 Å². The molecule has 0 saturated carbocycles. The van der Waals surface area contributed by atoms with Crippen molar-refractivity contribution in [3.63, 3.8) is 0 Å². The highest BCUT2D eigenvalue weighted by molar-refractivity contribution is 5.44. The fourth-order valence-corrected chi connectivity index (χ4v) is 1.81. The molecule has 2 atom stereocenters. The Kier molecular flexibility index (Phi) is 3.72. The van der Waals surface area contributed by atoms with E-state index in [1.54, 1.807) is 12.4 Å². The first-order valence-corrected chi connectivity index (χ1v) is 5.52. The zero-order valence-corrected chi connectivity index (χ0v) is 9.71. The first kappa shape index (κ1) is 12.0. The molecule has 2 unspecified atom stereocenters. The summed E-state index contributed by atoms with van der Waals surface area (Å²) in [5.74, 6) is 6.55. The van der Waals surface area contributed by atoms with Gasteiger partial charge in [0.2, 0.25) is 0 Å². The number of nitrogens with one attached hydrogen (secondary N) is 1. The molecule has 0 spiro atoms. The van der Waals surface area contributed by atoms with E-state index in [1.807, 2.05) is 6.92 Å². The van der Waals surface area contributed by atoms with Gasteiger partial charge in [0.25, 0.3) is 0 Å². The minimum atomic E-state index is -0.178. The van der Waals surface area contributed by atoms with E-state index in [2.05, 4.69) is 20.3 Å². The van der Waals surface area contributed by atoms with Crippen LogP contribution in [0.5, 0.6) is 0 Å². The number of anilines is 2. The molecule has 0 radical (unpaired) electrons. The summed E-state index contributed by atoms with van der Waals surface area (Å²) in [4.78, 5) is 10.4. The van der Waals surface area contributed by atoms with Crippen molar-refractivity contribution >= 4 is 11.6 Å². The maximum atomic E-state index is 9.12. The van der Waals surface area contributed by atoms with Gasteiger partial charge in [0, 0.05) is 6.54 Å². The summed E-state index contributed by atoms with van der Waals surface area (Å²) in [7, 11) is 0. The molecule has 2 heterocycles. The van der Waals surface area contributed by atoms with Gasteiger partial charge in [-0.25, -0.2) is 10.8 Å². The Hall–Kier alpha value is -1.44. The highest BCUT2D eigenvalue weighted by atomic mass is 16.5. The fraction of sp³-hybridized carbons (Fsp3) is 0.600. The quantitative estimate of drug-likeness (QED) is 0.476. The summed E-state index contributed by atoms with van der Waals surface area (Å²) in [5.41, 5.74) is 2.47. The molecule has 7 nitrogen and oxygen atoms in total. The zero-order chi connectivity index (χ0) is 12.3. The lowest BCUT2D eigenvalue weighted by Crippen LogP contribution is -2.50. The molecule has 1 aliphatic heterocycles. The van der Waals surface area contributed by atoms with Crippen LogP contribution < -0.4 is 16.2 Å². The molecule has 0 aliphatic carbocycles. The maximum Gasteiger partial charge on any atom is 0.160 e. The van der Waals surface area contributed by atoms with Crippen LogP contribution in [0.2, 0.25) is 0 Å². The first-order valence-electron chi connectivity index (χ1n) is 5.52. The SMILES string of the molecule is CC1COC(CO)CN1c1cncc(NN)n1. The highest BCUT2D eigenvalue weighted by Gasteiger charge is 2.26. The fourth-order valence-electron chi connectivity index (χ4n) is 1.81. The van der Waals surface area contributed by atoms with Crippen LogP contribution in [0.4, 0.5) is 11.6 Å². The molecule has 1 aromatic rings. The normalized spacial score (nSPS) is 24.8. The van der Waals surface area contributed by atoms with Crippen LogP contribution >= 0.6 is 0 Å². The summed E-state index contributed by atoms with van der Waals surface area (Å²) in [6.45, 7) is 3.21. The van der Waals surface area contributed by atoms with Gasteiger partial charge in [-0.1, -0.05) is 0 Å². The van der Waals surface area contributed by atoms with Crippen LogP contribution in [-0.2, 0) is 4.74 Å². The van der Waals surface area contributed by atoms with E-state index in [-0.39, 0.29) is 18.8 Å². The van der Waals surface area contributed by atoms with Gasteiger partial charge < -0.3 is 20.2 Å². The lowest BCUT2D eigenvalue weighted by molar-refractivity contribution is -0.0105. The highest BCUT2D eigenvalue weighted by Crippen LogP contribution is 2.19. The first-order chi connectivity index (χ1) is 8.24. The van der Waals surface area contributed by atoms with Crippen molar-refractivity contribution < 1.29 is 9.84 Å². The van der Waals surface area contributed by atoms with Gasteiger partial charge in [0.15, 0.2) is 5.82 Å². The Morgan fingerprint density at radius 3 is 3.18 bits per heavy atom. The molecule has 2 rings (SSSR count). The number of aliphatic hydroxyl groups excluding tert-OH is 1. The lowest BCUT2D eigenvalue weighted by atomic mass is 10.2. The van der Waals surface area contributed by atoms with E-state index in [0.717, 1.165) is 5.82 Å². The lowest BCUT2D eigenvalue weighted by Gasteiger charge is -2.38. The van der Waals surface area contributed by atoms with E-state index in [4.69, 9.17) is 15.7 Å². The van der Waals surface area contributed by atoms with Crippen LogP contribution in [0.15, 0.2) is 12.4 Å². The zero-order valence-electron chi connectivity index (χ0n) is 9.71. The molecule has 0 aromatic carbocycles. The third-order valence-electron chi connectivity index (χ3n) is 2.77. The molecule has 1 fully saturated rings. The van der Waals surface area contributed by atoms with Gasteiger partial charge in [-0.05, 0) is 6.92 Å². The smallest absolute Gasteiger partial charge is 0.160 e. The van der Waals surface area contributed by atoms with Crippen molar-refractivity contribution in [1.82, 2.24) is 9.97 Å². The number of ether oxygens (including phenoxy) is 1. The molecule has 1 saturated heterocycles. The van der Waals surface area contributed by atoms with Crippen molar-refractivity contribution in [1.29, 1.82) is 0 Å². The van der Waals surface area contributed by atoms with Crippen LogP contribution in [0.3, 0.4) is 0 Å². The standard InChI is InChI=1S/C10H17N5O2/c1-7-6-17-8(5-16)4-15(7)10-3-12-2-9(13-10)14-11/h2-3,7-8,16H,4-6,11H2,1H3,(H,13,14). The van der Waals surface area contributed by atoms with Crippen LogP contribution in [0.25, 0.3) is 0 Å². The monoisotopic (exact) mass is 239 g/mol. The molecule has 17 heavy (non-hydrogen) atoms. The topological polar surface area (TPSA) is 96.5 Å². The number of nitrogens with two attached hydrogens (primary N) is 1. The second-order valence-corrected chi connectivity index (χ2v) is 4.05. The number of hydrogen-bond donors (Lipinski definition) is 3. The summed E-state index contributed by atoms with van der Waals surface area (Å²) < 4.78 is 5.47. The molecule has 0 bridgehead atoms. The largest absolute Gasteiger partial charge is 0.394 e. The summed E-state index contributed by atoms with van der Waals surface area (Å²) >= 11 is 0. The summed E-state index contributed by atoms with van der Waals surface area (Å²) in [5, 5.41) is 9.12. The second kappa shape index (κ2) is 5.26. The molecule has 0 amide bonds. The minimum absolute atomic E-state index is 0.00543. The number of hydrogen-bond acceptors (Lipinski definition) is 7. The van der Waals surface area contributed by atoms with Crippen LogP contribution in [0.1, 0.15) is 6.92 Å². The Bertz CT molecular complexity index is 375. The molecular formula is C10H17N5O2. The maximum absolute atomic E-state index is 9.12. The third kappa shape index (κ3) is 2.63. The second-order valence-electron chi connectivity index (χ2n) is 4.05. The number of hydrazine groups is 1. The third-order valence-corrected chi connectivity index (χ3v) is 2.77. The Balaban J connectivity index is 2.18. The Labute approximate surface area is 99.6 Å². The van der Waals surface area contributed by atoms with E-state index in [9.17, 15) is 0 Å². The van der Waals surface area contributed by atoms with Gasteiger partial charge in [-0.2, -0.15) is 0 Å². The van der Waals surface area contributed by atoms with Crippen LogP contribution in [-0.4, -0.2) is 47.0 Å². The average molecular weight is 239 g/mol. The van der Waals surface area contributed by atoms with E-state index >= 15 is 0 Å². The molecule has 94 valence electrons. The van der Waals surface area contributed by atoms with E-state index < -0.39 is 0 Å². The van der Waals surface area contributed by atoms with Gasteiger partial charge >= 0.3 is 0 Å². The number of aromatic nitrogens is 2. The average Bonchev–Trinajstić information content (AvgIpc) is 2.39. The van der Waals surface area contributed by atoms with Crippen molar-refractivity contribution in [3.8, 4) is 0 Å². The summed E-state index contributed by atoms with van der Waals surface area (Å²) in [6.07, 6.45) is 3.05. The van der Waals surface area contributed by atoms with Gasteiger partial charge in [0.1, 0.15) is 5.82 Å². The molecule has 7 heteroatoms. The van der Waals surface area contributed by atoms with Gasteiger partial charge in [0.05, 0.1) is 37.8 Å². The van der Waals surface area contributed by atoms with Crippen LogP contribution in [0, 0.1) is 0 Å². The van der Waals surface area contributed by atoms with Crippen molar-refractivity contribution in [2.24, 2.45) is 5.84 Å². The molecule has 1 aromatic heterocycles. The minimum Gasteiger partial charge on any atom is -0.394 e. The number of aliphatic hydroxyl groups is 1. The van der Waals surface area contributed by atoms with E-state index in [1.165, 1.54) is 0 Å². The summed E-state index contributed by atoms with van der Waals surface area (Å²) in [6, 6.07) is 0.195. The predicted molar refractivity (Wildman–Crippen MR) is 63.5 cm³/mol. The molecule has 4 N–H and O–H groups in total. The Morgan fingerprint density at radius 1 is 1.65 bits per heavy atom. The van der Waals surface area contributed by atoms with Gasteiger partial charge in [-0.3, -0.25) is 4.98 Å². The molecule has 1 aliphatic rings. The van der Waals surface area contributed by atoms with Crippen molar-refractivity contribution in [2.75, 3.05) is 30.1 Å². The predicted octanol–water partition coefficient (Wildman–Crippen LogP) is -0.652. The Morgan fingerprint density at radius 2 is 2.47 bits per heavy atom. The molecular weight excluding hydrogens is 222 g/mol.